The van der Waals surface area contributed by atoms with Gasteiger partial charge in [-0.25, -0.2) is 0 Å². The normalized spacial score (nSPS) is 13.3. The van der Waals surface area contributed by atoms with Crippen molar-refractivity contribution in [2.45, 2.75) is 13.8 Å². The van der Waals surface area contributed by atoms with Crippen LogP contribution in [-0.4, -0.2) is 48.0 Å². The third-order valence-electron chi connectivity index (χ3n) is 6.06. The van der Waals surface area contributed by atoms with Crippen LogP contribution in [0.1, 0.15) is 31.8 Å². The summed E-state index contributed by atoms with van der Waals surface area (Å²) in [7, 11) is 0. The van der Waals surface area contributed by atoms with Crippen LogP contribution in [0.4, 0.5) is 11.4 Å². The number of nitrogens with zero attached hydrogens (tertiary/aromatic N) is 2. The summed E-state index contributed by atoms with van der Waals surface area (Å²) in [5, 5.41) is 7.09. The minimum Gasteiger partial charge on any atom is -0.367 e. The lowest BCUT2D eigenvalue weighted by Gasteiger charge is -2.36. The zero-order valence-corrected chi connectivity index (χ0v) is 22.3. The second kappa shape index (κ2) is 11.3. The number of rotatable bonds is 4. The standard InChI is InChI=1S/C27H26Cl2N4O2S/c1-17-3-9-22(18(2)15-17)25(34)31-27(36)30-21-8-10-24(23(29)16-21)32-11-13-33(14-12-32)26(35)19-4-6-20(28)7-5-19/h3-10,15-16H,11-14H2,1-2H3,(H2,30,31,34,36). The number of benzene rings is 3. The fourth-order valence-corrected chi connectivity index (χ4v) is 4.80. The van der Waals surface area contributed by atoms with Crippen LogP contribution in [0.5, 0.6) is 0 Å². The molecule has 36 heavy (non-hydrogen) atoms. The maximum absolute atomic E-state index is 12.8. The fourth-order valence-electron chi connectivity index (χ4n) is 4.17. The van der Waals surface area contributed by atoms with E-state index in [4.69, 9.17) is 35.4 Å². The largest absolute Gasteiger partial charge is 0.367 e. The minimum atomic E-state index is -0.265. The topological polar surface area (TPSA) is 64.7 Å². The molecule has 0 radical (unpaired) electrons. The van der Waals surface area contributed by atoms with Gasteiger partial charge < -0.3 is 15.1 Å². The summed E-state index contributed by atoms with van der Waals surface area (Å²) in [5.74, 6) is -0.271. The highest BCUT2D eigenvalue weighted by atomic mass is 35.5. The Balaban J connectivity index is 1.33. The van der Waals surface area contributed by atoms with Crippen LogP contribution in [0.2, 0.25) is 10.0 Å². The van der Waals surface area contributed by atoms with Crippen molar-refractivity contribution in [1.82, 2.24) is 10.2 Å². The third-order valence-corrected chi connectivity index (χ3v) is 6.82. The van der Waals surface area contributed by atoms with Gasteiger partial charge in [0.15, 0.2) is 5.11 Å². The SMILES string of the molecule is Cc1ccc(C(=O)NC(=S)Nc2ccc(N3CCN(C(=O)c4ccc(Cl)cc4)CC3)c(Cl)c2)c(C)c1. The summed E-state index contributed by atoms with van der Waals surface area (Å²) in [4.78, 5) is 29.3. The molecule has 0 spiro atoms. The Labute approximate surface area is 226 Å². The first-order chi connectivity index (χ1) is 17.2. The van der Waals surface area contributed by atoms with Crippen LogP contribution in [0, 0.1) is 13.8 Å². The second-order valence-corrected chi connectivity index (χ2v) is 9.93. The first-order valence-corrected chi connectivity index (χ1v) is 12.7. The van der Waals surface area contributed by atoms with Crippen LogP contribution < -0.4 is 15.5 Å². The molecule has 0 atom stereocenters. The Morgan fingerprint density at radius 1 is 0.889 bits per heavy atom. The number of hydrogen-bond donors (Lipinski definition) is 2. The Kier molecular flexibility index (Phi) is 8.14. The van der Waals surface area contributed by atoms with Crippen molar-refractivity contribution < 1.29 is 9.59 Å². The van der Waals surface area contributed by atoms with Gasteiger partial charge in [-0.1, -0.05) is 40.9 Å². The van der Waals surface area contributed by atoms with Gasteiger partial charge in [-0.15, -0.1) is 0 Å². The molecule has 3 aromatic rings. The van der Waals surface area contributed by atoms with Crippen molar-refractivity contribution in [2.24, 2.45) is 0 Å². The van der Waals surface area contributed by atoms with E-state index in [2.05, 4.69) is 15.5 Å². The Morgan fingerprint density at radius 3 is 2.22 bits per heavy atom. The van der Waals surface area contributed by atoms with E-state index in [1.165, 1.54) is 0 Å². The van der Waals surface area contributed by atoms with Gasteiger partial charge in [0.25, 0.3) is 11.8 Å². The Bertz CT molecular complexity index is 1310. The van der Waals surface area contributed by atoms with Crippen molar-refractivity contribution in [2.75, 3.05) is 36.4 Å². The van der Waals surface area contributed by atoms with Gasteiger partial charge in [-0.05, 0) is 80.2 Å². The average molecular weight is 542 g/mol. The van der Waals surface area contributed by atoms with Crippen LogP contribution in [-0.2, 0) is 0 Å². The highest BCUT2D eigenvalue weighted by molar-refractivity contribution is 7.80. The number of amides is 2. The van der Waals surface area contributed by atoms with E-state index >= 15 is 0 Å². The molecule has 2 amide bonds. The molecule has 0 unspecified atom stereocenters. The highest BCUT2D eigenvalue weighted by Gasteiger charge is 2.23. The monoisotopic (exact) mass is 540 g/mol. The predicted octanol–water partition coefficient (Wildman–Crippen LogP) is 5.70. The lowest BCUT2D eigenvalue weighted by Crippen LogP contribution is -2.48. The molecule has 1 aliphatic rings. The zero-order chi connectivity index (χ0) is 25.8. The number of hydrogen-bond acceptors (Lipinski definition) is 4. The first kappa shape index (κ1) is 25.9. The molecule has 0 aromatic heterocycles. The molecule has 2 N–H and O–H groups in total. The van der Waals surface area contributed by atoms with E-state index < -0.39 is 0 Å². The number of carbonyl (C=O) groups is 2. The number of nitrogens with one attached hydrogen (secondary N) is 2. The van der Waals surface area contributed by atoms with E-state index in [9.17, 15) is 9.59 Å². The van der Waals surface area contributed by atoms with Crippen LogP contribution in [0.15, 0.2) is 60.7 Å². The fraction of sp³-hybridized carbons (Fsp3) is 0.222. The summed E-state index contributed by atoms with van der Waals surface area (Å²) >= 11 is 17.8. The number of carbonyl (C=O) groups excluding carboxylic acids is 2. The van der Waals surface area contributed by atoms with Crippen LogP contribution in [0.3, 0.4) is 0 Å². The summed E-state index contributed by atoms with van der Waals surface area (Å²) in [6.45, 7) is 6.38. The van der Waals surface area contributed by atoms with Gasteiger partial charge in [-0.2, -0.15) is 0 Å². The molecular formula is C27H26Cl2N4O2S. The molecule has 4 rings (SSSR count). The van der Waals surface area contributed by atoms with E-state index in [-0.39, 0.29) is 16.9 Å². The van der Waals surface area contributed by atoms with E-state index in [1.807, 2.05) is 43.0 Å². The molecule has 0 saturated carbocycles. The number of anilines is 2. The number of halogens is 2. The summed E-state index contributed by atoms with van der Waals surface area (Å²) in [5.41, 5.74) is 4.73. The summed E-state index contributed by atoms with van der Waals surface area (Å²) in [6, 6.07) is 18.1. The molecule has 0 bridgehead atoms. The zero-order valence-electron chi connectivity index (χ0n) is 20.0. The second-order valence-electron chi connectivity index (χ2n) is 8.68. The van der Waals surface area contributed by atoms with Gasteiger partial charge >= 0.3 is 0 Å². The molecule has 3 aromatic carbocycles. The van der Waals surface area contributed by atoms with Crippen molar-refractivity contribution in [1.29, 1.82) is 0 Å². The van der Waals surface area contributed by atoms with Crippen molar-refractivity contribution in [3.63, 3.8) is 0 Å². The minimum absolute atomic E-state index is 0.00616. The quantitative estimate of drug-likeness (QED) is 0.415. The number of thiocarbonyl (C=S) groups is 1. The maximum Gasteiger partial charge on any atom is 0.257 e. The van der Waals surface area contributed by atoms with E-state index in [1.54, 1.807) is 36.4 Å². The van der Waals surface area contributed by atoms with Crippen LogP contribution >= 0.6 is 35.4 Å². The molecule has 6 nitrogen and oxygen atoms in total. The molecule has 0 aliphatic carbocycles. The van der Waals surface area contributed by atoms with Crippen molar-refractivity contribution in [3.05, 3.63) is 93.0 Å². The van der Waals surface area contributed by atoms with Crippen molar-refractivity contribution in [3.8, 4) is 0 Å². The first-order valence-electron chi connectivity index (χ1n) is 11.5. The lowest BCUT2D eigenvalue weighted by molar-refractivity contribution is 0.0746. The number of piperazine rings is 1. The average Bonchev–Trinajstić information content (AvgIpc) is 2.84. The molecule has 1 fully saturated rings. The highest BCUT2D eigenvalue weighted by Crippen LogP contribution is 2.30. The Hall–Kier alpha value is -3.13. The van der Waals surface area contributed by atoms with E-state index in [0.717, 1.165) is 16.8 Å². The molecule has 1 saturated heterocycles. The number of aryl methyl sites for hydroxylation is 2. The van der Waals surface area contributed by atoms with Gasteiger partial charge in [0, 0.05) is 48.0 Å². The van der Waals surface area contributed by atoms with Crippen molar-refractivity contribution >= 4 is 63.7 Å². The molecule has 186 valence electrons. The van der Waals surface area contributed by atoms with Gasteiger partial charge in [-0.3, -0.25) is 14.9 Å². The predicted molar refractivity (Wildman–Crippen MR) is 151 cm³/mol. The maximum atomic E-state index is 12.8. The van der Waals surface area contributed by atoms with Gasteiger partial charge in [0.1, 0.15) is 0 Å². The molecule has 1 heterocycles. The smallest absolute Gasteiger partial charge is 0.257 e. The van der Waals surface area contributed by atoms with Crippen LogP contribution in [0.25, 0.3) is 0 Å². The molecular weight excluding hydrogens is 515 g/mol. The third kappa shape index (κ3) is 6.16. The summed E-state index contributed by atoms with van der Waals surface area (Å²) < 4.78 is 0. The molecule has 9 heteroatoms. The lowest BCUT2D eigenvalue weighted by atomic mass is 10.1. The van der Waals surface area contributed by atoms with Gasteiger partial charge in [0.2, 0.25) is 0 Å². The van der Waals surface area contributed by atoms with E-state index in [0.29, 0.717) is 53.0 Å². The summed E-state index contributed by atoms with van der Waals surface area (Å²) in [6.07, 6.45) is 0. The molecule has 1 aliphatic heterocycles. The van der Waals surface area contributed by atoms with Gasteiger partial charge in [0.05, 0.1) is 10.7 Å². The Morgan fingerprint density at radius 2 is 1.58 bits per heavy atom.